The fraction of sp³-hybridized carbons (Fsp3) is 0.667. The number of nitrogens with zero attached hydrogens (tertiary/aromatic N) is 4. The lowest BCUT2D eigenvalue weighted by Gasteiger charge is -2.50. The summed E-state index contributed by atoms with van der Waals surface area (Å²) in [6, 6.07) is 1.65. The average Bonchev–Trinajstić information content (AvgIpc) is 3.34. The molecule has 3 heterocycles. The van der Waals surface area contributed by atoms with Gasteiger partial charge in [0.1, 0.15) is 6.29 Å². The number of fused-ring (bicyclic) bond motifs is 6. The van der Waals surface area contributed by atoms with Crippen LogP contribution in [0.4, 0.5) is 13.2 Å². The van der Waals surface area contributed by atoms with Gasteiger partial charge in [-0.05, 0) is 58.4 Å². The molecule has 6 rings (SSSR count). The number of rotatable bonds is 3. The first-order valence-electron chi connectivity index (χ1n) is 10.4. The van der Waals surface area contributed by atoms with Gasteiger partial charge in [0.25, 0.3) is 0 Å². The Morgan fingerprint density at radius 2 is 1.80 bits per heavy atom. The lowest BCUT2D eigenvalue weighted by Crippen LogP contribution is -2.45. The number of alkyl halides is 3. The van der Waals surface area contributed by atoms with E-state index in [2.05, 4.69) is 4.98 Å². The van der Waals surface area contributed by atoms with Gasteiger partial charge in [0.15, 0.2) is 5.82 Å². The van der Waals surface area contributed by atoms with Crippen molar-refractivity contribution in [3.63, 3.8) is 0 Å². The molecule has 1 N–H and O–H groups in total. The zero-order chi connectivity index (χ0) is 21.5. The molecule has 0 spiro atoms. The Labute approximate surface area is 172 Å². The highest BCUT2D eigenvalue weighted by Gasteiger charge is 2.55. The summed E-state index contributed by atoms with van der Waals surface area (Å²) in [7, 11) is 0. The molecular formula is C21H25F3N4O2. The van der Waals surface area contributed by atoms with E-state index in [1.807, 2.05) is 17.7 Å². The summed E-state index contributed by atoms with van der Waals surface area (Å²) in [6.07, 6.45) is 3.03. The van der Waals surface area contributed by atoms with Crippen LogP contribution in [-0.4, -0.2) is 36.9 Å². The van der Waals surface area contributed by atoms with Crippen molar-refractivity contribution in [2.75, 3.05) is 0 Å². The van der Waals surface area contributed by atoms with Crippen LogP contribution in [0.2, 0.25) is 0 Å². The molecule has 4 aliphatic rings. The number of aromatic nitrogens is 4. The fourth-order valence-corrected chi connectivity index (χ4v) is 5.61. The summed E-state index contributed by atoms with van der Waals surface area (Å²) >= 11 is 0. The number of hydrogen-bond acceptors (Lipinski definition) is 4. The van der Waals surface area contributed by atoms with Crippen LogP contribution in [-0.2, 0) is 22.4 Å². The van der Waals surface area contributed by atoms with Crippen molar-refractivity contribution in [1.29, 1.82) is 0 Å². The van der Waals surface area contributed by atoms with Gasteiger partial charge in [-0.15, -0.1) is 0 Å². The van der Waals surface area contributed by atoms with Gasteiger partial charge in [-0.1, -0.05) is 0 Å². The summed E-state index contributed by atoms with van der Waals surface area (Å²) < 4.78 is 43.7. The third-order valence-corrected chi connectivity index (χ3v) is 7.80. The van der Waals surface area contributed by atoms with Crippen LogP contribution in [0.15, 0.2) is 12.3 Å². The summed E-state index contributed by atoms with van der Waals surface area (Å²) in [5.74, 6) is -0.393. The monoisotopic (exact) mass is 422 g/mol. The van der Waals surface area contributed by atoms with E-state index in [9.17, 15) is 23.1 Å². The highest BCUT2D eigenvalue weighted by molar-refractivity contribution is 5.61. The zero-order valence-electron chi connectivity index (χ0n) is 17.0. The summed E-state index contributed by atoms with van der Waals surface area (Å²) in [4.78, 5) is 15.5. The summed E-state index contributed by atoms with van der Waals surface area (Å²) in [6.45, 7) is 2.96. The maximum atomic E-state index is 13.5. The number of halogens is 3. The van der Waals surface area contributed by atoms with Crippen LogP contribution in [0, 0.1) is 5.41 Å². The third kappa shape index (κ3) is 2.50. The largest absolute Gasteiger partial charge is 0.424 e. The predicted molar refractivity (Wildman–Crippen MR) is 102 cm³/mol. The number of carbonyl (C=O) groups is 1. The Morgan fingerprint density at radius 3 is 2.37 bits per heavy atom. The minimum Gasteiger partial charge on any atom is -0.374 e. The highest BCUT2D eigenvalue weighted by Crippen LogP contribution is 2.57. The summed E-state index contributed by atoms with van der Waals surface area (Å²) in [5, 5.41) is 15.1. The molecule has 0 radical (unpaired) electrons. The molecule has 30 heavy (non-hydrogen) atoms. The molecule has 2 atom stereocenters. The fourth-order valence-electron chi connectivity index (χ4n) is 5.61. The molecule has 0 amide bonds. The van der Waals surface area contributed by atoms with Crippen LogP contribution < -0.4 is 0 Å². The van der Waals surface area contributed by atoms with E-state index in [0.717, 1.165) is 63.1 Å². The van der Waals surface area contributed by atoms with Crippen molar-refractivity contribution in [3.05, 3.63) is 23.8 Å². The molecule has 2 aromatic heterocycles. The first-order chi connectivity index (χ1) is 14.0. The maximum Gasteiger partial charge on any atom is 0.424 e. The van der Waals surface area contributed by atoms with E-state index in [4.69, 9.17) is 5.10 Å². The van der Waals surface area contributed by atoms with E-state index in [-0.39, 0.29) is 16.9 Å². The van der Waals surface area contributed by atoms with Gasteiger partial charge in [0.05, 0.1) is 35.9 Å². The lowest BCUT2D eigenvalue weighted by atomic mass is 9.53. The Bertz CT molecular complexity index is 996. The Kier molecular flexibility index (Phi) is 3.93. The smallest absolute Gasteiger partial charge is 0.374 e. The molecule has 0 aromatic carbocycles. The standard InChI is InChI=1S/C21H25F3N4O2/c1-13-11-27-14(15-10-25-17(28(13)15)18(2,30)21(22,23)24)9-16(26-27)20-6-3-19(12-29,4-7-20)5-8-20/h9-10,12-13,30H,3-8,11H2,1-2H3/t13-,18+,19?,20?/m0/s1. The van der Waals surface area contributed by atoms with Gasteiger partial charge in [0.2, 0.25) is 5.60 Å². The van der Waals surface area contributed by atoms with Crippen molar-refractivity contribution in [3.8, 4) is 11.4 Å². The molecule has 162 valence electrons. The van der Waals surface area contributed by atoms with Gasteiger partial charge in [-0.25, -0.2) is 4.98 Å². The van der Waals surface area contributed by atoms with Crippen LogP contribution in [0.3, 0.4) is 0 Å². The van der Waals surface area contributed by atoms with E-state index < -0.39 is 17.6 Å². The van der Waals surface area contributed by atoms with Gasteiger partial charge >= 0.3 is 6.18 Å². The molecule has 9 heteroatoms. The van der Waals surface area contributed by atoms with Crippen molar-refractivity contribution >= 4 is 6.29 Å². The first kappa shape index (κ1) is 19.8. The Balaban J connectivity index is 1.56. The second-order valence-corrected chi connectivity index (χ2v) is 9.61. The predicted octanol–water partition coefficient (Wildman–Crippen LogP) is 3.88. The van der Waals surface area contributed by atoms with Crippen molar-refractivity contribution < 1.29 is 23.1 Å². The van der Waals surface area contributed by atoms with Gasteiger partial charge in [0, 0.05) is 10.8 Å². The van der Waals surface area contributed by atoms with Crippen LogP contribution in [0.5, 0.6) is 0 Å². The molecule has 6 nitrogen and oxygen atoms in total. The number of aliphatic hydroxyl groups is 1. The van der Waals surface area contributed by atoms with Crippen molar-refractivity contribution in [2.24, 2.45) is 5.41 Å². The Morgan fingerprint density at radius 1 is 1.17 bits per heavy atom. The second kappa shape index (κ2) is 5.96. The topological polar surface area (TPSA) is 72.9 Å². The lowest BCUT2D eigenvalue weighted by molar-refractivity contribution is -0.262. The van der Waals surface area contributed by atoms with Gasteiger partial charge in [-0.2, -0.15) is 18.3 Å². The zero-order valence-corrected chi connectivity index (χ0v) is 17.0. The Hall–Kier alpha value is -2.16. The molecule has 0 unspecified atom stereocenters. The minimum atomic E-state index is -4.83. The number of hydrogen-bond donors (Lipinski definition) is 1. The van der Waals surface area contributed by atoms with Crippen LogP contribution in [0.25, 0.3) is 11.4 Å². The second-order valence-electron chi connectivity index (χ2n) is 9.61. The molecular weight excluding hydrogens is 397 g/mol. The molecule has 2 bridgehead atoms. The van der Waals surface area contributed by atoms with E-state index in [0.29, 0.717) is 12.2 Å². The molecule has 0 saturated heterocycles. The number of aldehydes is 1. The normalized spacial score (nSPS) is 32.4. The van der Waals surface area contributed by atoms with E-state index in [1.165, 1.54) is 10.8 Å². The van der Waals surface area contributed by atoms with Crippen molar-refractivity contribution in [1.82, 2.24) is 19.3 Å². The molecule has 2 aromatic rings. The van der Waals surface area contributed by atoms with Gasteiger partial charge in [-0.3, -0.25) is 4.68 Å². The van der Waals surface area contributed by atoms with E-state index in [1.54, 1.807) is 0 Å². The molecule has 3 saturated carbocycles. The van der Waals surface area contributed by atoms with Gasteiger partial charge < -0.3 is 14.5 Å². The third-order valence-electron chi connectivity index (χ3n) is 7.80. The SMILES string of the molecule is C[C@H]1Cn2nc(C34CCC(C=O)(CC3)CC4)cc2-c2cnc([C@@](C)(O)C(F)(F)F)n21. The minimum absolute atomic E-state index is 0.0660. The van der Waals surface area contributed by atoms with E-state index >= 15 is 0 Å². The van der Waals surface area contributed by atoms with Crippen LogP contribution in [0.1, 0.15) is 69.9 Å². The summed E-state index contributed by atoms with van der Waals surface area (Å²) in [5.41, 5.74) is -1.05. The number of imidazole rings is 1. The average molecular weight is 422 g/mol. The maximum absolute atomic E-state index is 13.5. The van der Waals surface area contributed by atoms with Crippen molar-refractivity contribution in [2.45, 2.75) is 82.2 Å². The number of carbonyl (C=O) groups excluding carboxylic acids is 1. The molecule has 1 aliphatic heterocycles. The quantitative estimate of drug-likeness (QED) is 0.762. The highest BCUT2D eigenvalue weighted by atomic mass is 19.4. The van der Waals surface area contributed by atoms with Crippen LogP contribution >= 0.6 is 0 Å². The molecule has 3 aliphatic carbocycles. The first-order valence-corrected chi connectivity index (χ1v) is 10.4. The molecule has 3 fully saturated rings.